The Morgan fingerprint density at radius 2 is 1.75 bits per heavy atom. The predicted molar refractivity (Wildman–Crippen MR) is 98.2 cm³/mol. The lowest BCUT2D eigenvalue weighted by Crippen LogP contribution is -1.98. The molecule has 0 aliphatic heterocycles. The summed E-state index contributed by atoms with van der Waals surface area (Å²) in [7, 11) is 3.10. The minimum absolute atomic E-state index is 0.127. The van der Waals surface area contributed by atoms with E-state index in [0.29, 0.717) is 23.7 Å². The van der Waals surface area contributed by atoms with E-state index in [1.54, 1.807) is 31.4 Å². The van der Waals surface area contributed by atoms with Gasteiger partial charge in [-0.05, 0) is 55.5 Å². The van der Waals surface area contributed by atoms with Crippen LogP contribution in [0.4, 0.5) is 0 Å². The van der Waals surface area contributed by atoms with Gasteiger partial charge in [0.05, 0.1) is 20.8 Å². The van der Waals surface area contributed by atoms with Gasteiger partial charge in [0, 0.05) is 15.6 Å². The van der Waals surface area contributed by atoms with Gasteiger partial charge in [-0.15, -0.1) is 0 Å². The molecule has 24 heavy (non-hydrogen) atoms. The Morgan fingerprint density at radius 1 is 1.04 bits per heavy atom. The van der Waals surface area contributed by atoms with Crippen LogP contribution in [0.3, 0.4) is 0 Å². The number of allylic oxidation sites excluding steroid dienone is 1. The van der Waals surface area contributed by atoms with Gasteiger partial charge in [0.15, 0.2) is 17.3 Å². The molecular formula is C19H19BrO4. The first-order valence-electron chi connectivity index (χ1n) is 7.45. The molecule has 0 unspecified atom stereocenters. The Hall–Kier alpha value is -2.27. The van der Waals surface area contributed by atoms with E-state index in [-0.39, 0.29) is 5.78 Å². The third kappa shape index (κ3) is 4.38. The summed E-state index contributed by atoms with van der Waals surface area (Å²) < 4.78 is 16.9. The van der Waals surface area contributed by atoms with Crippen LogP contribution in [0.5, 0.6) is 17.2 Å². The zero-order chi connectivity index (χ0) is 17.5. The van der Waals surface area contributed by atoms with Crippen LogP contribution in [0.1, 0.15) is 22.8 Å². The summed E-state index contributed by atoms with van der Waals surface area (Å²) in [4.78, 5) is 12.4. The highest BCUT2D eigenvalue weighted by molar-refractivity contribution is 9.10. The van der Waals surface area contributed by atoms with Crippen LogP contribution in [-0.4, -0.2) is 26.6 Å². The quantitative estimate of drug-likeness (QED) is 0.504. The summed E-state index contributed by atoms with van der Waals surface area (Å²) in [6.45, 7) is 2.48. The van der Waals surface area contributed by atoms with Gasteiger partial charge in [-0.25, -0.2) is 0 Å². The normalized spacial score (nSPS) is 10.7. The van der Waals surface area contributed by atoms with Gasteiger partial charge < -0.3 is 14.2 Å². The standard InChI is InChI=1S/C19H19BrO4/c1-4-24-17-10-7-15(20)11-14(17)5-8-16(21)13-6-9-18(22-2)19(12-13)23-3/h5-12H,4H2,1-3H3/b8-5+. The first-order chi connectivity index (χ1) is 11.6. The molecule has 0 amide bonds. The van der Waals surface area contributed by atoms with Crippen LogP contribution in [0.2, 0.25) is 0 Å². The van der Waals surface area contributed by atoms with Crippen molar-refractivity contribution in [2.45, 2.75) is 6.92 Å². The molecule has 4 nitrogen and oxygen atoms in total. The molecule has 2 aromatic carbocycles. The summed E-state index contributed by atoms with van der Waals surface area (Å²) in [5, 5.41) is 0. The minimum Gasteiger partial charge on any atom is -0.493 e. The van der Waals surface area contributed by atoms with E-state index in [0.717, 1.165) is 15.8 Å². The third-order valence-electron chi connectivity index (χ3n) is 3.35. The maximum atomic E-state index is 12.4. The molecule has 5 heteroatoms. The molecule has 0 radical (unpaired) electrons. The summed E-state index contributed by atoms with van der Waals surface area (Å²) in [5.41, 5.74) is 1.36. The number of benzene rings is 2. The lowest BCUT2D eigenvalue weighted by molar-refractivity contribution is 0.104. The van der Waals surface area contributed by atoms with E-state index in [2.05, 4.69) is 15.9 Å². The molecule has 0 N–H and O–H groups in total. The molecule has 126 valence electrons. The lowest BCUT2D eigenvalue weighted by Gasteiger charge is -2.08. The largest absolute Gasteiger partial charge is 0.493 e. The molecule has 0 fully saturated rings. The van der Waals surface area contributed by atoms with Gasteiger partial charge in [-0.2, -0.15) is 0 Å². The number of carbonyl (C=O) groups is 1. The predicted octanol–water partition coefficient (Wildman–Crippen LogP) is 4.76. The average Bonchev–Trinajstić information content (AvgIpc) is 2.61. The van der Waals surface area contributed by atoms with E-state index in [1.165, 1.54) is 13.2 Å². The minimum atomic E-state index is -0.127. The van der Waals surface area contributed by atoms with Gasteiger partial charge >= 0.3 is 0 Å². The van der Waals surface area contributed by atoms with Crippen LogP contribution >= 0.6 is 15.9 Å². The maximum absolute atomic E-state index is 12.4. The van der Waals surface area contributed by atoms with Crippen molar-refractivity contribution >= 4 is 27.8 Å². The molecular weight excluding hydrogens is 372 g/mol. The molecule has 0 bridgehead atoms. The smallest absolute Gasteiger partial charge is 0.185 e. The summed E-state index contributed by atoms with van der Waals surface area (Å²) in [5.74, 6) is 1.72. The van der Waals surface area contributed by atoms with Crippen LogP contribution in [0, 0.1) is 0 Å². The Labute approximate surface area is 150 Å². The number of hydrogen-bond donors (Lipinski definition) is 0. The molecule has 0 saturated carbocycles. The summed E-state index contributed by atoms with van der Waals surface area (Å²) in [6, 6.07) is 10.8. The van der Waals surface area contributed by atoms with Crippen molar-refractivity contribution in [2.24, 2.45) is 0 Å². The second-order valence-electron chi connectivity index (χ2n) is 4.88. The molecule has 0 heterocycles. The van der Waals surface area contributed by atoms with E-state index < -0.39 is 0 Å². The Kier molecular flexibility index (Phi) is 6.44. The van der Waals surface area contributed by atoms with Gasteiger partial charge in [0.2, 0.25) is 0 Å². The van der Waals surface area contributed by atoms with Gasteiger partial charge in [-0.1, -0.05) is 15.9 Å². The fourth-order valence-corrected chi connectivity index (χ4v) is 2.57. The van der Waals surface area contributed by atoms with Gasteiger partial charge in [0.1, 0.15) is 5.75 Å². The van der Waals surface area contributed by atoms with Crippen molar-refractivity contribution < 1.29 is 19.0 Å². The van der Waals surface area contributed by atoms with Crippen molar-refractivity contribution in [3.63, 3.8) is 0 Å². The number of ether oxygens (including phenoxy) is 3. The third-order valence-corrected chi connectivity index (χ3v) is 3.85. The van der Waals surface area contributed by atoms with E-state index in [9.17, 15) is 4.79 Å². The first-order valence-corrected chi connectivity index (χ1v) is 8.25. The summed E-state index contributed by atoms with van der Waals surface area (Å²) in [6.07, 6.45) is 3.26. The van der Waals surface area contributed by atoms with Crippen molar-refractivity contribution in [3.8, 4) is 17.2 Å². The fraction of sp³-hybridized carbons (Fsp3) is 0.211. The van der Waals surface area contributed by atoms with Crippen molar-refractivity contribution in [2.75, 3.05) is 20.8 Å². The van der Waals surface area contributed by atoms with Crippen LogP contribution in [0.25, 0.3) is 6.08 Å². The molecule has 0 aliphatic rings. The average molecular weight is 391 g/mol. The number of halogens is 1. The summed E-state index contributed by atoms with van der Waals surface area (Å²) >= 11 is 3.43. The van der Waals surface area contributed by atoms with Crippen LogP contribution < -0.4 is 14.2 Å². The van der Waals surface area contributed by atoms with Crippen LogP contribution in [-0.2, 0) is 0 Å². The number of rotatable bonds is 7. The molecule has 2 aromatic rings. The number of ketones is 1. The second-order valence-corrected chi connectivity index (χ2v) is 5.80. The molecule has 0 atom stereocenters. The molecule has 0 aromatic heterocycles. The highest BCUT2D eigenvalue weighted by Crippen LogP contribution is 2.28. The highest BCUT2D eigenvalue weighted by atomic mass is 79.9. The maximum Gasteiger partial charge on any atom is 0.185 e. The van der Waals surface area contributed by atoms with Crippen molar-refractivity contribution in [1.82, 2.24) is 0 Å². The van der Waals surface area contributed by atoms with Crippen LogP contribution in [0.15, 0.2) is 46.9 Å². The zero-order valence-electron chi connectivity index (χ0n) is 13.8. The van der Waals surface area contributed by atoms with Gasteiger partial charge in [-0.3, -0.25) is 4.79 Å². The van der Waals surface area contributed by atoms with Crippen molar-refractivity contribution in [1.29, 1.82) is 0 Å². The Balaban J connectivity index is 2.26. The molecule has 0 aliphatic carbocycles. The highest BCUT2D eigenvalue weighted by Gasteiger charge is 2.09. The second kappa shape index (κ2) is 8.55. The SMILES string of the molecule is CCOc1ccc(Br)cc1/C=C/C(=O)c1ccc(OC)c(OC)c1. The van der Waals surface area contributed by atoms with Crippen molar-refractivity contribution in [3.05, 3.63) is 58.1 Å². The van der Waals surface area contributed by atoms with E-state index in [1.807, 2.05) is 25.1 Å². The van der Waals surface area contributed by atoms with E-state index >= 15 is 0 Å². The Morgan fingerprint density at radius 3 is 2.42 bits per heavy atom. The Bertz CT molecular complexity index is 753. The molecule has 0 spiro atoms. The first kappa shape index (κ1) is 18.1. The van der Waals surface area contributed by atoms with Gasteiger partial charge in [0.25, 0.3) is 0 Å². The molecule has 2 rings (SSSR count). The lowest BCUT2D eigenvalue weighted by atomic mass is 10.1. The number of methoxy groups -OCH3 is 2. The number of hydrogen-bond acceptors (Lipinski definition) is 4. The monoisotopic (exact) mass is 390 g/mol. The number of carbonyl (C=O) groups excluding carboxylic acids is 1. The molecule has 0 saturated heterocycles. The zero-order valence-corrected chi connectivity index (χ0v) is 15.4. The topological polar surface area (TPSA) is 44.8 Å². The van der Waals surface area contributed by atoms with E-state index in [4.69, 9.17) is 14.2 Å². The fourth-order valence-electron chi connectivity index (χ4n) is 2.19.